The van der Waals surface area contributed by atoms with Crippen molar-refractivity contribution in [3.63, 3.8) is 0 Å². The van der Waals surface area contributed by atoms with Gasteiger partial charge in [0.25, 0.3) is 0 Å². The Bertz CT molecular complexity index is 614. The molecule has 130 valence electrons. The lowest BCUT2D eigenvalue weighted by Crippen LogP contribution is -2.51. The molecule has 1 saturated heterocycles. The van der Waals surface area contributed by atoms with E-state index in [0.717, 1.165) is 5.56 Å². The van der Waals surface area contributed by atoms with E-state index in [-0.39, 0.29) is 18.6 Å². The molecule has 0 spiro atoms. The molecule has 24 heavy (non-hydrogen) atoms. The molecule has 1 amide bonds. The summed E-state index contributed by atoms with van der Waals surface area (Å²) < 4.78 is 11.6. The average Bonchev–Trinajstić information content (AvgIpc) is 2.69. The molecular formula is C19H26N2O3. The van der Waals surface area contributed by atoms with Crippen LogP contribution in [0.1, 0.15) is 46.6 Å². The van der Waals surface area contributed by atoms with Crippen LogP contribution < -0.4 is 0 Å². The summed E-state index contributed by atoms with van der Waals surface area (Å²) in [6, 6.07) is 11.8. The smallest absolute Gasteiger partial charge is 0.412 e. The summed E-state index contributed by atoms with van der Waals surface area (Å²) in [5, 5.41) is 9.13. The Hall–Kier alpha value is -2.06. The number of benzene rings is 1. The van der Waals surface area contributed by atoms with Gasteiger partial charge in [-0.1, -0.05) is 30.3 Å². The minimum absolute atomic E-state index is 0.236. The van der Waals surface area contributed by atoms with Gasteiger partial charge in [0.05, 0.1) is 24.6 Å². The Balaban J connectivity index is 2.31. The van der Waals surface area contributed by atoms with Gasteiger partial charge in [0.2, 0.25) is 0 Å². The first kappa shape index (κ1) is 18.3. The SMILES string of the molecule is CC(C)(C)OC(=O)N1[C@@H](Cc2ccccc2)[C@H](CC#N)OC1(C)C. The molecule has 2 atom stereocenters. The molecule has 0 saturated carbocycles. The minimum atomic E-state index is -0.816. The van der Waals surface area contributed by atoms with E-state index in [1.165, 1.54) is 0 Å². The minimum Gasteiger partial charge on any atom is -0.444 e. The largest absolute Gasteiger partial charge is 0.444 e. The van der Waals surface area contributed by atoms with Gasteiger partial charge in [-0.3, -0.25) is 4.90 Å². The van der Waals surface area contributed by atoms with Crippen LogP contribution in [0.5, 0.6) is 0 Å². The van der Waals surface area contributed by atoms with Gasteiger partial charge < -0.3 is 9.47 Å². The van der Waals surface area contributed by atoms with Crippen molar-refractivity contribution in [1.29, 1.82) is 5.26 Å². The molecule has 0 unspecified atom stereocenters. The fourth-order valence-electron chi connectivity index (χ4n) is 3.08. The molecule has 1 aliphatic rings. The lowest BCUT2D eigenvalue weighted by atomic mass is 9.99. The highest BCUT2D eigenvalue weighted by molar-refractivity contribution is 5.70. The number of hydrogen-bond donors (Lipinski definition) is 0. The van der Waals surface area contributed by atoms with Gasteiger partial charge in [-0.15, -0.1) is 0 Å². The van der Waals surface area contributed by atoms with Gasteiger partial charge in [-0.05, 0) is 46.6 Å². The topological polar surface area (TPSA) is 62.6 Å². The van der Waals surface area contributed by atoms with E-state index in [9.17, 15) is 4.79 Å². The second kappa shape index (κ2) is 6.82. The Morgan fingerprint density at radius 2 is 1.96 bits per heavy atom. The summed E-state index contributed by atoms with van der Waals surface area (Å²) in [5.41, 5.74) is -0.304. The summed E-state index contributed by atoms with van der Waals surface area (Å²) in [5.74, 6) is 0. The fourth-order valence-corrected chi connectivity index (χ4v) is 3.08. The summed E-state index contributed by atoms with van der Waals surface area (Å²) in [6.45, 7) is 9.20. The Morgan fingerprint density at radius 1 is 1.33 bits per heavy atom. The zero-order valence-corrected chi connectivity index (χ0v) is 15.1. The number of carbonyl (C=O) groups excluding carboxylic acids is 1. The molecule has 5 nitrogen and oxygen atoms in total. The predicted octanol–water partition coefficient (Wildman–Crippen LogP) is 3.88. The van der Waals surface area contributed by atoms with E-state index in [1.807, 2.05) is 65.0 Å². The van der Waals surface area contributed by atoms with Crippen molar-refractivity contribution in [3.05, 3.63) is 35.9 Å². The van der Waals surface area contributed by atoms with Crippen LogP contribution in [0.3, 0.4) is 0 Å². The predicted molar refractivity (Wildman–Crippen MR) is 91.2 cm³/mol. The molecule has 1 aliphatic heterocycles. The van der Waals surface area contributed by atoms with Gasteiger partial charge in [0.1, 0.15) is 11.3 Å². The van der Waals surface area contributed by atoms with Crippen LogP contribution in [0.25, 0.3) is 0 Å². The third-order valence-corrected chi connectivity index (χ3v) is 3.95. The Kier molecular flexibility index (Phi) is 5.19. The van der Waals surface area contributed by atoms with Crippen molar-refractivity contribution < 1.29 is 14.3 Å². The number of nitrogens with zero attached hydrogens (tertiary/aromatic N) is 2. The van der Waals surface area contributed by atoms with Crippen molar-refractivity contribution in [1.82, 2.24) is 4.90 Å². The highest BCUT2D eigenvalue weighted by Crippen LogP contribution is 2.36. The van der Waals surface area contributed by atoms with E-state index < -0.39 is 17.4 Å². The lowest BCUT2D eigenvalue weighted by Gasteiger charge is -2.35. The van der Waals surface area contributed by atoms with Gasteiger partial charge in [0, 0.05) is 0 Å². The maximum Gasteiger partial charge on any atom is 0.412 e. The van der Waals surface area contributed by atoms with Crippen LogP contribution in [0, 0.1) is 11.3 Å². The molecule has 1 aromatic carbocycles. The van der Waals surface area contributed by atoms with Crippen molar-refractivity contribution in [2.45, 2.75) is 70.9 Å². The molecule has 5 heteroatoms. The molecule has 1 fully saturated rings. The third-order valence-electron chi connectivity index (χ3n) is 3.95. The lowest BCUT2D eigenvalue weighted by molar-refractivity contribution is -0.0778. The van der Waals surface area contributed by atoms with Crippen LogP contribution in [0.2, 0.25) is 0 Å². The van der Waals surface area contributed by atoms with E-state index in [1.54, 1.807) is 4.90 Å². The molecule has 1 heterocycles. The monoisotopic (exact) mass is 330 g/mol. The number of ether oxygens (including phenoxy) is 2. The maximum absolute atomic E-state index is 12.8. The first-order chi connectivity index (χ1) is 11.1. The van der Waals surface area contributed by atoms with Gasteiger partial charge in [-0.2, -0.15) is 5.26 Å². The molecule has 0 aliphatic carbocycles. The van der Waals surface area contributed by atoms with Crippen LogP contribution in [0.15, 0.2) is 30.3 Å². The van der Waals surface area contributed by atoms with Crippen LogP contribution >= 0.6 is 0 Å². The highest BCUT2D eigenvalue weighted by atomic mass is 16.6. The summed E-state index contributed by atoms with van der Waals surface area (Å²) in [7, 11) is 0. The van der Waals surface area contributed by atoms with Gasteiger partial charge in [0.15, 0.2) is 0 Å². The molecule has 0 bridgehead atoms. The summed E-state index contributed by atoms with van der Waals surface area (Å²) >= 11 is 0. The van der Waals surface area contributed by atoms with E-state index >= 15 is 0 Å². The summed E-state index contributed by atoms with van der Waals surface area (Å²) in [4.78, 5) is 14.4. The first-order valence-electron chi connectivity index (χ1n) is 8.25. The number of rotatable bonds is 3. The highest BCUT2D eigenvalue weighted by Gasteiger charge is 2.50. The van der Waals surface area contributed by atoms with Crippen LogP contribution in [-0.2, 0) is 15.9 Å². The van der Waals surface area contributed by atoms with Gasteiger partial charge in [-0.25, -0.2) is 4.79 Å². The van der Waals surface area contributed by atoms with Crippen LogP contribution in [0.4, 0.5) is 4.79 Å². The standard InChI is InChI=1S/C19H26N2O3/c1-18(2,3)24-17(22)21-15(13-14-9-7-6-8-10-14)16(11-12-20)23-19(21,4)5/h6-10,15-16H,11,13H2,1-5H3/t15-,16-/m0/s1. The Morgan fingerprint density at radius 3 is 2.50 bits per heavy atom. The normalized spacial score (nSPS) is 22.9. The number of hydrogen-bond acceptors (Lipinski definition) is 4. The van der Waals surface area contributed by atoms with E-state index in [2.05, 4.69) is 6.07 Å². The quantitative estimate of drug-likeness (QED) is 0.843. The number of nitriles is 1. The molecule has 1 aromatic rings. The molecule has 0 N–H and O–H groups in total. The van der Waals surface area contributed by atoms with Crippen molar-refractivity contribution >= 4 is 6.09 Å². The number of amides is 1. The van der Waals surface area contributed by atoms with E-state index in [4.69, 9.17) is 14.7 Å². The molecular weight excluding hydrogens is 304 g/mol. The second-order valence-electron chi connectivity index (χ2n) is 7.57. The number of carbonyl (C=O) groups is 1. The Labute approximate surface area is 144 Å². The molecule has 0 radical (unpaired) electrons. The van der Waals surface area contributed by atoms with Crippen molar-refractivity contribution in [3.8, 4) is 6.07 Å². The van der Waals surface area contributed by atoms with E-state index in [0.29, 0.717) is 6.42 Å². The van der Waals surface area contributed by atoms with Crippen molar-refractivity contribution in [2.75, 3.05) is 0 Å². The molecule has 2 rings (SSSR count). The van der Waals surface area contributed by atoms with Crippen molar-refractivity contribution in [2.24, 2.45) is 0 Å². The molecule has 0 aromatic heterocycles. The second-order valence-corrected chi connectivity index (χ2v) is 7.57. The van der Waals surface area contributed by atoms with Gasteiger partial charge >= 0.3 is 6.09 Å². The summed E-state index contributed by atoms with van der Waals surface area (Å²) in [6.07, 6.45) is 0.113. The zero-order valence-electron chi connectivity index (χ0n) is 15.1. The maximum atomic E-state index is 12.8. The average molecular weight is 330 g/mol. The zero-order chi connectivity index (χ0) is 18.0. The van der Waals surface area contributed by atoms with Crippen LogP contribution in [-0.4, -0.2) is 34.5 Å². The third kappa shape index (κ3) is 4.27. The first-order valence-corrected chi connectivity index (χ1v) is 8.25. The fraction of sp³-hybridized carbons (Fsp3) is 0.579.